The topological polar surface area (TPSA) is 96.7 Å². The van der Waals surface area contributed by atoms with E-state index in [1.807, 2.05) is 0 Å². The van der Waals surface area contributed by atoms with Crippen LogP contribution in [0.3, 0.4) is 0 Å². The zero-order valence-corrected chi connectivity index (χ0v) is 17.9. The van der Waals surface area contributed by atoms with E-state index in [0.29, 0.717) is 29.8 Å². The van der Waals surface area contributed by atoms with Gasteiger partial charge >= 0.3 is 0 Å². The molecule has 1 saturated carbocycles. The van der Waals surface area contributed by atoms with Crippen molar-refractivity contribution in [2.45, 2.75) is 38.6 Å². The summed E-state index contributed by atoms with van der Waals surface area (Å²) in [6, 6.07) is 5.90. The fraction of sp³-hybridized carbons (Fsp3) is 0.273. The number of nitrogens with one attached hydrogen (secondary N) is 1. The van der Waals surface area contributed by atoms with E-state index < -0.39 is 17.3 Å². The highest BCUT2D eigenvalue weighted by Gasteiger charge is 2.59. The molecule has 1 aromatic carbocycles. The molecule has 1 spiro atoms. The maximum atomic E-state index is 14.5. The fourth-order valence-corrected chi connectivity index (χ4v) is 4.17. The normalized spacial score (nSPS) is 17.0. The highest BCUT2D eigenvalue weighted by Crippen LogP contribution is 2.47. The molecule has 1 aromatic rings. The number of nitrogens with zero attached hydrogens (tertiary/aromatic N) is 3. The maximum Gasteiger partial charge on any atom is 0.277 e. The van der Waals surface area contributed by atoms with Crippen LogP contribution in [0.25, 0.3) is 0 Å². The maximum absolute atomic E-state index is 14.5. The van der Waals surface area contributed by atoms with Crippen molar-refractivity contribution in [1.29, 1.82) is 5.26 Å². The zero-order chi connectivity index (χ0) is 22.9. The SMILES string of the molecule is C=C(/C=C\C(C#N)=C(C)C)N1C(=O)C2(CCC2)N(c2ccc(C(=O)NO)c(F)c2)C1=S. The van der Waals surface area contributed by atoms with Crippen LogP contribution < -0.4 is 10.4 Å². The largest absolute Gasteiger partial charge is 0.303 e. The highest BCUT2D eigenvalue weighted by atomic mass is 32.1. The number of halogens is 1. The lowest BCUT2D eigenvalue weighted by molar-refractivity contribution is -0.131. The predicted molar refractivity (Wildman–Crippen MR) is 116 cm³/mol. The van der Waals surface area contributed by atoms with Crippen molar-refractivity contribution >= 4 is 34.8 Å². The Morgan fingerprint density at radius 2 is 2.06 bits per heavy atom. The lowest BCUT2D eigenvalue weighted by Gasteiger charge is -2.43. The average Bonchev–Trinajstić information content (AvgIpc) is 2.94. The number of amides is 2. The van der Waals surface area contributed by atoms with Crippen molar-refractivity contribution in [2.24, 2.45) is 0 Å². The third kappa shape index (κ3) is 3.65. The van der Waals surface area contributed by atoms with Crippen molar-refractivity contribution in [3.05, 3.63) is 65.2 Å². The number of hydrogen-bond donors (Lipinski definition) is 2. The number of rotatable bonds is 5. The van der Waals surface area contributed by atoms with Gasteiger partial charge < -0.3 is 4.90 Å². The van der Waals surface area contributed by atoms with Gasteiger partial charge in [-0.05, 0) is 75.7 Å². The zero-order valence-electron chi connectivity index (χ0n) is 17.1. The minimum absolute atomic E-state index is 0.147. The summed E-state index contributed by atoms with van der Waals surface area (Å²) in [5.74, 6) is -2.09. The third-order valence-electron chi connectivity index (χ3n) is 5.54. The van der Waals surface area contributed by atoms with Gasteiger partial charge in [-0.15, -0.1) is 0 Å². The Labute approximate surface area is 184 Å². The van der Waals surface area contributed by atoms with Crippen LogP contribution in [0, 0.1) is 17.1 Å². The van der Waals surface area contributed by atoms with Crippen LogP contribution in [0.15, 0.2) is 53.8 Å². The van der Waals surface area contributed by atoms with Gasteiger partial charge in [0.2, 0.25) is 0 Å². The van der Waals surface area contributed by atoms with Crippen molar-refractivity contribution in [2.75, 3.05) is 4.90 Å². The van der Waals surface area contributed by atoms with Gasteiger partial charge in [0, 0.05) is 11.4 Å². The van der Waals surface area contributed by atoms with E-state index in [9.17, 15) is 19.2 Å². The minimum atomic E-state index is -0.977. The van der Waals surface area contributed by atoms with Gasteiger partial charge in [0.25, 0.3) is 11.8 Å². The van der Waals surface area contributed by atoms with Crippen LogP contribution in [0.4, 0.5) is 10.1 Å². The number of benzene rings is 1. The molecule has 2 fully saturated rings. The quantitative estimate of drug-likeness (QED) is 0.238. The number of carbonyl (C=O) groups excluding carboxylic acids is 2. The summed E-state index contributed by atoms with van der Waals surface area (Å²) in [6.45, 7) is 7.54. The molecular weight excluding hydrogens is 419 g/mol. The number of carbonyl (C=O) groups is 2. The standard InChI is InChI=1S/C22H21FN4O3S/c1-13(2)15(12-24)6-5-14(3)26-20(29)22(9-4-10-22)27(21(26)31)16-7-8-17(18(23)11-16)19(28)25-30/h5-8,11,30H,3-4,9-10H2,1-2H3,(H,25,28)/b6-5-. The second kappa shape index (κ2) is 8.41. The van der Waals surface area contributed by atoms with Crippen molar-refractivity contribution in [3.8, 4) is 6.07 Å². The number of anilines is 1. The molecule has 3 rings (SSSR count). The highest BCUT2D eigenvalue weighted by molar-refractivity contribution is 7.80. The van der Waals surface area contributed by atoms with E-state index >= 15 is 0 Å². The van der Waals surface area contributed by atoms with Crippen LogP contribution in [-0.2, 0) is 4.79 Å². The van der Waals surface area contributed by atoms with Crippen LogP contribution in [0.2, 0.25) is 0 Å². The van der Waals surface area contributed by atoms with Crippen molar-refractivity contribution in [1.82, 2.24) is 10.4 Å². The van der Waals surface area contributed by atoms with Gasteiger partial charge in [0.05, 0.1) is 17.2 Å². The van der Waals surface area contributed by atoms with Gasteiger partial charge in [-0.2, -0.15) is 5.26 Å². The molecule has 1 aliphatic carbocycles. The molecule has 0 aromatic heterocycles. The van der Waals surface area contributed by atoms with Gasteiger partial charge in [-0.1, -0.05) is 12.2 Å². The summed E-state index contributed by atoms with van der Waals surface area (Å²) in [4.78, 5) is 27.8. The summed E-state index contributed by atoms with van der Waals surface area (Å²) in [7, 11) is 0. The van der Waals surface area contributed by atoms with Gasteiger partial charge in [-0.25, -0.2) is 9.87 Å². The van der Waals surface area contributed by atoms with Crippen molar-refractivity contribution in [3.63, 3.8) is 0 Å². The Morgan fingerprint density at radius 1 is 1.39 bits per heavy atom. The molecule has 1 aliphatic heterocycles. The summed E-state index contributed by atoms with van der Waals surface area (Å²) < 4.78 is 14.5. The van der Waals surface area contributed by atoms with Crippen molar-refractivity contribution < 1.29 is 19.2 Å². The first-order valence-corrected chi connectivity index (χ1v) is 9.96. The van der Waals surface area contributed by atoms with E-state index in [0.717, 1.165) is 18.1 Å². The average molecular weight is 441 g/mol. The fourth-order valence-electron chi connectivity index (χ4n) is 3.69. The molecule has 0 radical (unpaired) electrons. The third-order valence-corrected chi connectivity index (χ3v) is 5.90. The number of thiocarbonyl (C=S) groups is 1. The molecule has 0 unspecified atom stereocenters. The molecule has 31 heavy (non-hydrogen) atoms. The van der Waals surface area contributed by atoms with Gasteiger partial charge in [-0.3, -0.25) is 19.7 Å². The monoisotopic (exact) mass is 440 g/mol. The van der Waals surface area contributed by atoms with E-state index in [-0.39, 0.29) is 16.6 Å². The first kappa shape index (κ1) is 22.3. The Balaban J connectivity index is 1.98. The molecule has 7 nitrogen and oxygen atoms in total. The Hall–Kier alpha value is -3.35. The summed E-state index contributed by atoms with van der Waals surface area (Å²) in [6.07, 6.45) is 5.02. The van der Waals surface area contributed by atoms with Crippen LogP contribution in [0.1, 0.15) is 43.5 Å². The van der Waals surface area contributed by atoms with Crippen LogP contribution in [-0.4, -0.2) is 32.6 Å². The summed E-state index contributed by atoms with van der Waals surface area (Å²) in [5.41, 5.74) is 2.03. The number of hydrogen-bond acceptors (Lipinski definition) is 5. The summed E-state index contributed by atoms with van der Waals surface area (Å²) >= 11 is 5.57. The lowest BCUT2D eigenvalue weighted by Crippen LogP contribution is -2.55. The molecule has 160 valence electrons. The van der Waals surface area contributed by atoms with Crippen LogP contribution in [0.5, 0.6) is 0 Å². The number of hydroxylamine groups is 1. The second-order valence-corrected chi connectivity index (χ2v) is 7.96. The lowest BCUT2D eigenvalue weighted by atomic mass is 9.75. The molecule has 2 N–H and O–H groups in total. The summed E-state index contributed by atoms with van der Waals surface area (Å²) in [5, 5.41) is 18.1. The van der Waals surface area contributed by atoms with Gasteiger partial charge in [0.15, 0.2) is 5.11 Å². The van der Waals surface area contributed by atoms with E-state index in [4.69, 9.17) is 17.4 Å². The molecule has 1 heterocycles. The molecule has 9 heteroatoms. The Bertz CT molecular complexity index is 1090. The molecule has 2 aliphatic rings. The van der Waals surface area contributed by atoms with Gasteiger partial charge in [0.1, 0.15) is 11.4 Å². The van der Waals surface area contributed by atoms with E-state index in [2.05, 4.69) is 12.6 Å². The van der Waals surface area contributed by atoms with E-state index in [1.54, 1.807) is 30.9 Å². The smallest absolute Gasteiger partial charge is 0.277 e. The number of nitriles is 1. The van der Waals surface area contributed by atoms with Crippen LogP contribution >= 0.6 is 12.2 Å². The molecule has 1 saturated heterocycles. The molecule has 0 atom stereocenters. The molecular formula is C22H21FN4O3S. The molecule has 2 amide bonds. The second-order valence-electron chi connectivity index (χ2n) is 7.60. The minimum Gasteiger partial charge on any atom is -0.303 e. The first-order chi connectivity index (χ1) is 14.7. The molecule has 0 bridgehead atoms. The Morgan fingerprint density at radius 3 is 2.55 bits per heavy atom. The van der Waals surface area contributed by atoms with E-state index in [1.165, 1.54) is 22.5 Å². The predicted octanol–water partition coefficient (Wildman–Crippen LogP) is 3.73. The number of allylic oxidation sites excluding steroid dienone is 4. The first-order valence-electron chi connectivity index (χ1n) is 9.55. The Kier molecular flexibility index (Phi) is 6.06.